The number of carbonyl (C=O) groups is 2. The Bertz CT molecular complexity index is 1280. The van der Waals surface area contributed by atoms with E-state index in [1.807, 2.05) is 31.4 Å². The minimum atomic E-state index is -0.712. The molecule has 2 aromatic carbocycles. The van der Waals surface area contributed by atoms with Crippen LogP contribution in [0.2, 0.25) is 0 Å². The first-order chi connectivity index (χ1) is 14.9. The van der Waals surface area contributed by atoms with E-state index in [4.69, 9.17) is 0 Å². The quantitative estimate of drug-likeness (QED) is 0.468. The summed E-state index contributed by atoms with van der Waals surface area (Å²) in [6, 6.07) is 11.7. The summed E-state index contributed by atoms with van der Waals surface area (Å²) in [5, 5.41) is 11.6. The second kappa shape index (κ2) is 8.65. The Labute approximate surface area is 181 Å². The summed E-state index contributed by atoms with van der Waals surface area (Å²) in [6.07, 6.45) is 0.467. The molecule has 0 aliphatic carbocycles. The summed E-state index contributed by atoms with van der Waals surface area (Å²) < 4.78 is 15.1. The predicted molar refractivity (Wildman–Crippen MR) is 118 cm³/mol. The topological polar surface area (TPSA) is 88.4 Å². The van der Waals surface area contributed by atoms with Crippen molar-refractivity contribution in [2.45, 2.75) is 20.3 Å². The number of nitrogens with zero attached hydrogens (tertiary/aromatic N) is 3. The Morgan fingerprint density at radius 3 is 2.74 bits per heavy atom. The molecule has 0 saturated heterocycles. The molecule has 0 bridgehead atoms. The molecule has 9 heteroatoms. The number of hydrogen-bond donors (Lipinski definition) is 2. The van der Waals surface area contributed by atoms with Gasteiger partial charge in [-0.3, -0.25) is 9.59 Å². The molecule has 0 unspecified atom stereocenters. The molecule has 158 valence electrons. The van der Waals surface area contributed by atoms with E-state index in [9.17, 15) is 14.0 Å². The number of hydrogen-bond acceptors (Lipinski definition) is 5. The molecule has 2 heterocycles. The highest BCUT2D eigenvalue weighted by molar-refractivity contribution is 7.15. The molecule has 2 N–H and O–H groups in total. The molecule has 0 spiro atoms. The minimum absolute atomic E-state index is 0.264. The van der Waals surface area contributed by atoms with Crippen LogP contribution in [0.4, 0.5) is 10.1 Å². The van der Waals surface area contributed by atoms with E-state index in [2.05, 4.69) is 20.7 Å². The lowest BCUT2D eigenvalue weighted by Crippen LogP contribution is -2.36. The second-order valence-corrected chi connectivity index (χ2v) is 7.98. The van der Waals surface area contributed by atoms with Crippen LogP contribution in [0, 0.1) is 19.7 Å². The molecule has 0 fully saturated rings. The van der Waals surface area contributed by atoms with E-state index in [-0.39, 0.29) is 12.4 Å². The maximum absolute atomic E-state index is 13.5. The number of aromatic nitrogens is 3. The molecule has 31 heavy (non-hydrogen) atoms. The number of halogens is 1. The number of nitrogens with one attached hydrogen (secondary N) is 2. The van der Waals surface area contributed by atoms with Crippen molar-refractivity contribution in [1.29, 1.82) is 0 Å². The number of amides is 2. The SMILES string of the molecule is Cc1ccc(NC(=O)C(=O)NCCc2csc3nc(-c4cccc(F)c4)nn23)c(C)c1. The molecule has 4 rings (SSSR count). The lowest BCUT2D eigenvalue weighted by Gasteiger charge is -2.09. The van der Waals surface area contributed by atoms with Gasteiger partial charge in [-0.05, 0) is 37.6 Å². The average molecular weight is 438 g/mol. The third-order valence-corrected chi connectivity index (χ3v) is 5.60. The fraction of sp³-hybridized carbons (Fsp3) is 0.182. The summed E-state index contributed by atoms with van der Waals surface area (Å²) in [5.74, 6) is -1.33. The Kier molecular flexibility index (Phi) is 5.77. The molecule has 2 aromatic heterocycles. The summed E-state index contributed by atoms with van der Waals surface area (Å²) >= 11 is 1.41. The van der Waals surface area contributed by atoms with Gasteiger partial charge in [0.15, 0.2) is 5.82 Å². The Hall–Kier alpha value is -3.59. The minimum Gasteiger partial charge on any atom is -0.347 e. The molecule has 0 aliphatic heterocycles. The lowest BCUT2D eigenvalue weighted by atomic mass is 10.1. The number of benzene rings is 2. The molecule has 7 nitrogen and oxygen atoms in total. The van der Waals surface area contributed by atoms with Crippen LogP contribution in [-0.2, 0) is 16.0 Å². The highest BCUT2D eigenvalue weighted by Crippen LogP contribution is 2.21. The van der Waals surface area contributed by atoms with Crippen molar-refractivity contribution in [2.75, 3.05) is 11.9 Å². The van der Waals surface area contributed by atoms with Gasteiger partial charge >= 0.3 is 11.8 Å². The van der Waals surface area contributed by atoms with Gasteiger partial charge in [0.25, 0.3) is 0 Å². The van der Waals surface area contributed by atoms with Gasteiger partial charge in [-0.15, -0.1) is 16.4 Å². The van der Waals surface area contributed by atoms with Gasteiger partial charge in [0.05, 0.1) is 5.69 Å². The van der Waals surface area contributed by atoms with Crippen LogP contribution < -0.4 is 10.6 Å². The van der Waals surface area contributed by atoms with Crippen molar-refractivity contribution in [3.8, 4) is 11.4 Å². The molecular formula is C22H20FN5O2S. The Morgan fingerprint density at radius 2 is 1.97 bits per heavy atom. The molecule has 4 aromatic rings. The number of anilines is 1. The fourth-order valence-corrected chi connectivity index (χ4v) is 4.02. The lowest BCUT2D eigenvalue weighted by molar-refractivity contribution is -0.136. The van der Waals surface area contributed by atoms with Gasteiger partial charge in [0.2, 0.25) is 4.96 Å². The van der Waals surface area contributed by atoms with Gasteiger partial charge in [-0.1, -0.05) is 29.8 Å². The summed E-state index contributed by atoms with van der Waals surface area (Å²) in [5.41, 5.74) is 4.01. The maximum Gasteiger partial charge on any atom is 0.313 e. The third-order valence-electron chi connectivity index (χ3n) is 4.74. The smallest absolute Gasteiger partial charge is 0.313 e. The van der Waals surface area contributed by atoms with E-state index >= 15 is 0 Å². The maximum atomic E-state index is 13.5. The molecule has 0 atom stereocenters. The van der Waals surface area contributed by atoms with Crippen molar-refractivity contribution in [1.82, 2.24) is 19.9 Å². The number of rotatable bonds is 5. The normalized spacial score (nSPS) is 10.9. The zero-order chi connectivity index (χ0) is 22.0. The van der Waals surface area contributed by atoms with Gasteiger partial charge in [-0.25, -0.2) is 8.91 Å². The molecule has 2 amide bonds. The van der Waals surface area contributed by atoms with Crippen molar-refractivity contribution in [3.63, 3.8) is 0 Å². The third kappa shape index (κ3) is 4.61. The van der Waals surface area contributed by atoms with Gasteiger partial charge < -0.3 is 10.6 Å². The fourth-order valence-electron chi connectivity index (χ4n) is 3.16. The first-order valence-corrected chi connectivity index (χ1v) is 10.5. The number of fused-ring (bicyclic) bond motifs is 1. The van der Waals surface area contributed by atoms with E-state index < -0.39 is 11.8 Å². The Morgan fingerprint density at radius 1 is 1.13 bits per heavy atom. The first-order valence-electron chi connectivity index (χ1n) is 9.66. The van der Waals surface area contributed by atoms with E-state index in [1.165, 1.54) is 23.5 Å². The van der Waals surface area contributed by atoms with Crippen molar-refractivity contribution in [2.24, 2.45) is 0 Å². The highest BCUT2D eigenvalue weighted by atomic mass is 32.1. The monoisotopic (exact) mass is 437 g/mol. The number of aryl methyl sites for hydroxylation is 2. The number of thiazole rings is 1. The van der Waals surface area contributed by atoms with Gasteiger partial charge in [0, 0.05) is 29.6 Å². The molecular weight excluding hydrogens is 417 g/mol. The summed E-state index contributed by atoms with van der Waals surface area (Å²) in [7, 11) is 0. The molecule has 0 radical (unpaired) electrons. The second-order valence-electron chi connectivity index (χ2n) is 7.15. The van der Waals surface area contributed by atoms with Crippen LogP contribution in [0.25, 0.3) is 16.3 Å². The predicted octanol–water partition coefficient (Wildman–Crippen LogP) is 3.51. The van der Waals surface area contributed by atoms with Crippen LogP contribution in [0.3, 0.4) is 0 Å². The van der Waals surface area contributed by atoms with Crippen LogP contribution in [0.15, 0.2) is 47.8 Å². The van der Waals surface area contributed by atoms with Crippen LogP contribution >= 0.6 is 11.3 Å². The van der Waals surface area contributed by atoms with Crippen LogP contribution in [-0.4, -0.2) is 33.0 Å². The van der Waals surface area contributed by atoms with Crippen molar-refractivity contribution >= 4 is 33.8 Å². The van der Waals surface area contributed by atoms with Crippen molar-refractivity contribution in [3.05, 3.63) is 70.5 Å². The average Bonchev–Trinajstić information content (AvgIpc) is 3.31. The summed E-state index contributed by atoms with van der Waals surface area (Å²) in [6.45, 7) is 4.10. The highest BCUT2D eigenvalue weighted by Gasteiger charge is 2.16. The standard InChI is InChI=1S/C22H20FN5O2S/c1-13-6-7-18(14(2)10-13)25-21(30)20(29)24-9-8-17-12-31-22-26-19(27-28(17)22)15-4-3-5-16(23)11-15/h3-7,10-12H,8-9H2,1-2H3,(H,24,29)(H,25,30). The van der Waals surface area contributed by atoms with Gasteiger partial charge in [0.1, 0.15) is 5.82 Å². The van der Waals surface area contributed by atoms with Crippen LogP contribution in [0.1, 0.15) is 16.8 Å². The number of carbonyl (C=O) groups excluding carboxylic acids is 2. The van der Waals surface area contributed by atoms with Crippen LogP contribution in [0.5, 0.6) is 0 Å². The molecule has 0 aliphatic rings. The first kappa shape index (κ1) is 20.7. The zero-order valence-corrected chi connectivity index (χ0v) is 17.8. The summed E-state index contributed by atoms with van der Waals surface area (Å²) in [4.78, 5) is 29.4. The van der Waals surface area contributed by atoms with Gasteiger partial charge in [-0.2, -0.15) is 4.98 Å². The largest absolute Gasteiger partial charge is 0.347 e. The van der Waals surface area contributed by atoms with E-state index in [0.29, 0.717) is 28.5 Å². The van der Waals surface area contributed by atoms with E-state index in [1.54, 1.807) is 22.7 Å². The van der Waals surface area contributed by atoms with Crippen molar-refractivity contribution < 1.29 is 14.0 Å². The van der Waals surface area contributed by atoms with E-state index in [0.717, 1.165) is 16.8 Å². The zero-order valence-electron chi connectivity index (χ0n) is 17.0. The Balaban J connectivity index is 1.37. The molecule has 0 saturated carbocycles.